The van der Waals surface area contributed by atoms with Gasteiger partial charge >= 0.3 is 0 Å². The number of hydrogen-bond donors (Lipinski definition) is 1. The van der Waals surface area contributed by atoms with Crippen LogP contribution in [0.4, 0.5) is 0 Å². The van der Waals surface area contributed by atoms with Crippen LogP contribution < -0.4 is 5.32 Å². The van der Waals surface area contributed by atoms with Crippen molar-refractivity contribution in [2.45, 2.75) is 6.04 Å². The SMILES string of the molecule is O=C(NC[C@@H](c1cccs1)N1CCOCC1)c1ccccn1. The van der Waals surface area contributed by atoms with E-state index in [1.54, 1.807) is 29.7 Å². The first-order chi connectivity index (χ1) is 10.8. The Balaban J connectivity index is 1.66. The van der Waals surface area contributed by atoms with Gasteiger partial charge in [-0.3, -0.25) is 14.7 Å². The molecule has 22 heavy (non-hydrogen) atoms. The summed E-state index contributed by atoms with van der Waals surface area (Å²) in [5.74, 6) is -0.129. The highest BCUT2D eigenvalue weighted by molar-refractivity contribution is 7.10. The van der Waals surface area contributed by atoms with E-state index in [4.69, 9.17) is 4.74 Å². The second-order valence-corrected chi connectivity index (χ2v) is 6.08. The fourth-order valence-corrected chi connectivity index (χ4v) is 3.42. The third kappa shape index (κ3) is 3.71. The monoisotopic (exact) mass is 317 g/mol. The number of carbonyl (C=O) groups is 1. The summed E-state index contributed by atoms with van der Waals surface area (Å²) in [6.07, 6.45) is 1.63. The van der Waals surface area contributed by atoms with E-state index in [9.17, 15) is 4.79 Å². The van der Waals surface area contributed by atoms with Gasteiger partial charge in [0.15, 0.2) is 0 Å². The van der Waals surface area contributed by atoms with Crippen LogP contribution in [-0.4, -0.2) is 48.6 Å². The Labute approximate surface area is 133 Å². The van der Waals surface area contributed by atoms with Crippen LogP contribution in [-0.2, 0) is 4.74 Å². The maximum absolute atomic E-state index is 12.2. The van der Waals surface area contributed by atoms with Crippen LogP contribution in [0.2, 0.25) is 0 Å². The van der Waals surface area contributed by atoms with Crippen LogP contribution in [0.1, 0.15) is 21.4 Å². The van der Waals surface area contributed by atoms with Crippen LogP contribution in [0, 0.1) is 0 Å². The van der Waals surface area contributed by atoms with Crippen molar-refractivity contribution in [3.05, 3.63) is 52.5 Å². The van der Waals surface area contributed by atoms with Gasteiger partial charge in [-0.1, -0.05) is 12.1 Å². The summed E-state index contributed by atoms with van der Waals surface area (Å²) in [7, 11) is 0. The summed E-state index contributed by atoms with van der Waals surface area (Å²) in [5, 5.41) is 5.08. The molecule has 3 heterocycles. The number of aromatic nitrogens is 1. The lowest BCUT2D eigenvalue weighted by molar-refractivity contribution is 0.0169. The molecule has 3 rings (SSSR count). The molecular formula is C16H19N3O2S. The van der Waals surface area contributed by atoms with Gasteiger partial charge in [0.05, 0.1) is 19.3 Å². The molecule has 2 aromatic heterocycles. The van der Waals surface area contributed by atoms with E-state index in [2.05, 4.69) is 26.6 Å². The second-order valence-electron chi connectivity index (χ2n) is 5.10. The van der Waals surface area contributed by atoms with Crippen molar-refractivity contribution in [2.24, 2.45) is 0 Å². The molecule has 1 aliphatic rings. The van der Waals surface area contributed by atoms with E-state index in [0.717, 1.165) is 26.3 Å². The lowest BCUT2D eigenvalue weighted by Gasteiger charge is -2.34. The first-order valence-corrected chi connectivity index (χ1v) is 8.27. The molecule has 5 nitrogen and oxygen atoms in total. The molecule has 0 unspecified atom stereocenters. The molecule has 1 saturated heterocycles. The number of hydrogen-bond acceptors (Lipinski definition) is 5. The van der Waals surface area contributed by atoms with Gasteiger partial charge in [-0.2, -0.15) is 0 Å². The van der Waals surface area contributed by atoms with Crippen molar-refractivity contribution in [1.82, 2.24) is 15.2 Å². The highest BCUT2D eigenvalue weighted by Crippen LogP contribution is 2.25. The molecule has 1 atom stereocenters. The van der Waals surface area contributed by atoms with Gasteiger partial charge < -0.3 is 10.1 Å². The molecule has 1 N–H and O–H groups in total. The summed E-state index contributed by atoms with van der Waals surface area (Å²) in [5.41, 5.74) is 0.453. The van der Waals surface area contributed by atoms with Crippen molar-refractivity contribution in [3.8, 4) is 0 Å². The maximum Gasteiger partial charge on any atom is 0.269 e. The number of morpholine rings is 1. The Kier molecular flexibility index (Phi) is 5.15. The Bertz CT molecular complexity index is 583. The van der Waals surface area contributed by atoms with Crippen LogP contribution >= 0.6 is 11.3 Å². The van der Waals surface area contributed by atoms with Gasteiger partial charge in [-0.25, -0.2) is 0 Å². The summed E-state index contributed by atoms with van der Waals surface area (Å²) >= 11 is 1.72. The van der Waals surface area contributed by atoms with E-state index in [1.165, 1.54) is 4.88 Å². The molecular weight excluding hydrogens is 298 g/mol. The Morgan fingerprint density at radius 3 is 2.86 bits per heavy atom. The van der Waals surface area contributed by atoms with Gasteiger partial charge in [0, 0.05) is 30.7 Å². The topological polar surface area (TPSA) is 54.5 Å². The van der Waals surface area contributed by atoms with Gasteiger partial charge in [-0.05, 0) is 23.6 Å². The lowest BCUT2D eigenvalue weighted by atomic mass is 10.2. The average molecular weight is 317 g/mol. The maximum atomic E-state index is 12.2. The number of thiophene rings is 1. The van der Waals surface area contributed by atoms with Gasteiger partial charge in [0.1, 0.15) is 5.69 Å². The molecule has 2 aromatic rings. The first kappa shape index (κ1) is 15.1. The minimum atomic E-state index is -0.129. The van der Waals surface area contributed by atoms with Crippen molar-refractivity contribution < 1.29 is 9.53 Å². The summed E-state index contributed by atoms with van der Waals surface area (Å²) in [4.78, 5) is 19.9. The van der Waals surface area contributed by atoms with Crippen LogP contribution in [0.3, 0.4) is 0 Å². The fourth-order valence-electron chi connectivity index (χ4n) is 2.56. The summed E-state index contributed by atoms with van der Waals surface area (Å²) < 4.78 is 5.43. The van der Waals surface area contributed by atoms with Crippen molar-refractivity contribution >= 4 is 17.2 Å². The van der Waals surface area contributed by atoms with Crippen LogP contribution in [0.5, 0.6) is 0 Å². The Morgan fingerprint density at radius 2 is 2.18 bits per heavy atom. The number of rotatable bonds is 5. The number of ether oxygens (including phenoxy) is 1. The van der Waals surface area contributed by atoms with Gasteiger partial charge in [0.2, 0.25) is 0 Å². The average Bonchev–Trinajstić information content (AvgIpc) is 3.11. The Hall–Kier alpha value is -1.76. The zero-order chi connectivity index (χ0) is 15.2. The van der Waals surface area contributed by atoms with Gasteiger partial charge in [0.25, 0.3) is 5.91 Å². The Morgan fingerprint density at radius 1 is 1.32 bits per heavy atom. The zero-order valence-electron chi connectivity index (χ0n) is 12.3. The third-order valence-electron chi connectivity index (χ3n) is 3.71. The highest BCUT2D eigenvalue weighted by atomic mass is 32.1. The molecule has 1 aliphatic heterocycles. The smallest absolute Gasteiger partial charge is 0.269 e. The van der Waals surface area contributed by atoms with Crippen molar-refractivity contribution in [1.29, 1.82) is 0 Å². The summed E-state index contributed by atoms with van der Waals surface area (Å²) in [6, 6.07) is 9.71. The number of nitrogens with zero attached hydrogens (tertiary/aromatic N) is 2. The molecule has 0 bridgehead atoms. The van der Waals surface area contributed by atoms with Crippen LogP contribution in [0.25, 0.3) is 0 Å². The standard InChI is InChI=1S/C16H19N3O2S/c20-16(13-4-1-2-6-17-13)18-12-14(15-5-3-11-22-15)19-7-9-21-10-8-19/h1-6,11,14H,7-10,12H2,(H,18,20)/t14-/m0/s1. The van der Waals surface area contributed by atoms with E-state index in [-0.39, 0.29) is 11.9 Å². The molecule has 116 valence electrons. The largest absolute Gasteiger partial charge is 0.379 e. The van der Waals surface area contributed by atoms with Crippen molar-refractivity contribution in [2.75, 3.05) is 32.8 Å². The quantitative estimate of drug-likeness (QED) is 0.916. The number of nitrogens with one attached hydrogen (secondary N) is 1. The van der Waals surface area contributed by atoms with Crippen molar-refractivity contribution in [3.63, 3.8) is 0 Å². The molecule has 0 spiro atoms. The number of amides is 1. The molecule has 0 saturated carbocycles. The van der Waals surface area contributed by atoms with E-state index in [0.29, 0.717) is 12.2 Å². The molecule has 1 amide bonds. The first-order valence-electron chi connectivity index (χ1n) is 7.39. The van der Waals surface area contributed by atoms with E-state index in [1.807, 2.05) is 12.1 Å². The molecule has 0 aromatic carbocycles. The number of pyridine rings is 1. The molecule has 0 aliphatic carbocycles. The predicted molar refractivity (Wildman–Crippen MR) is 86.0 cm³/mol. The normalized spacial score (nSPS) is 17.1. The molecule has 1 fully saturated rings. The second kappa shape index (κ2) is 7.49. The van der Waals surface area contributed by atoms with Gasteiger partial charge in [-0.15, -0.1) is 11.3 Å². The van der Waals surface area contributed by atoms with Crippen LogP contribution in [0.15, 0.2) is 41.9 Å². The minimum absolute atomic E-state index is 0.129. The summed E-state index contributed by atoms with van der Waals surface area (Å²) in [6.45, 7) is 3.85. The van der Waals surface area contributed by atoms with E-state index < -0.39 is 0 Å². The zero-order valence-corrected chi connectivity index (χ0v) is 13.1. The lowest BCUT2D eigenvalue weighted by Crippen LogP contribution is -2.43. The fraction of sp³-hybridized carbons (Fsp3) is 0.375. The molecule has 0 radical (unpaired) electrons. The predicted octanol–water partition coefficient (Wildman–Crippen LogP) is 1.95. The molecule has 6 heteroatoms. The number of carbonyl (C=O) groups excluding carboxylic acids is 1. The van der Waals surface area contributed by atoms with E-state index >= 15 is 0 Å². The highest BCUT2D eigenvalue weighted by Gasteiger charge is 2.24. The third-order valence-corrected chi connectivity index (χ3v) is 4.69. The minimum Gasteiger partial charge on any atom is -0.379 e.